The number of amides is 1. The lowest BCUT2D eigenvalue weighted by atomic mass is 10.1. The minimum atomic E-state index is -0.0228. The molecule has 0 saturated carbocycles. The van der Waals surface area contributed by atoms with Gasteiger partial charge in [-0.25, -0.2) is 0 Å². The highest BCUT2D eigenvalue weighted by atomic mass is 79.9. The zero-order chi connectivity index (χ0) is 12.7. The van der Waals surface area contributed by atoms with Crippen LogP contribution in [-0.2, 0) is 6.54 Å². The summed E-state index contributed by atoms with van der Waals surface area (Å²) in [6.45, 7) is 0.584. The van der Waals surface area contributed by atoms with Crippen LogP contribution in [0.4, 0.5) is 11.4 Å². The monoisotopic (exact) mass is 302 g/mol. The van der Waals surface area contributed by atoms with Gasteiger partial charge in [-0.3, -0.25) is 4.79 Å². The molecule has 0 fully saturated rings. The molecule has 4 heteroatoms. The maximum absolute atomic E-state index is 12.3. The number of halogens is 1. The highest BCUT2D eigenvalue weighted by Crippen LogP contribution is 2.31. The third-order valence-electron chi connectivity index (χ3n) is 3.11. The predicted octanol–water partition coefficient (Wildman–Crippen LogP) is 3.19. The van der Waals surface area contributed by atoms with Gasteiger partial charge in [0.25, 0.3) is 5.91 Å². The van der Waals surface area contributed by atoms with Crippen molar-refractivity contribution in [2.45, 2.75) is 6.54 Å². The number of fused-ring (bicyclic) bond motifs is 1. The second-order valence-electron chi connectivity index (χ2n) is 4.25. The molecule has 90 valence electrons. The average molecular weight is 303 g/mol. The van der Waals surface area contributed by atoms with Crippen molar-refractivity contribution < 1.29 is 4.79 Å². The van der Waals surface area contributed by atoms with E-state index in [1.807, 2.05) is 36.4 Å². The zero-order valence-corrected chi connectivity index (χ0v) is 11.1. The van der Waals surface area contributed by atoms with Crippen LogP contribution in [0.25, 0.3) is 0 Å². The fourth-order valence-corrected chi connectivity index (χ4v) is 2.48. The number of hydrogen-bond acceptors (Lipinski definition) is 2. The maximum atomic E-state index is 12.3. The molecule has 1 amide bonds. The minimum absolute atomic E-state index is 0.0228. The fraction of sp³-hybridized carbons (Fsp3) is 0.0714. The van der Waals surface area contributed by atoms with E-state index in [9.17, 15) is 4.79 Å². The van der Waals surface area contributed by atoms with Crippen molar-refractivity contribution in [3.05, 3.63) is 58.1 Å². The first-order valence-electron chi connectivity index (χ1n) is 5.61. The Morgan fingerprint density at radius 3 is 2.50 bits per heavy atom. The number of nitrogens with two attached hydrogens (primary N) is 1. The van der Waals surface area contributed by atoms with E-state index in [0.29, 0.717) is 17.8 Å². The largest absolute Gasteiger partial charge is 0.398 e. The summed E-state index contributed by atoms with van der Waals surface area (Å²) < 4.78 is 0.995. The Kier molecular flexibility index (Phi) is 2.59. The van der Waals surface area contributed by atoms with Crippen molar-refractivity contribution in [2.24, 2.45) is 0 Å². The van der Waals surface area contributed by atoms with Gasteiger partial charge in [-0.15, -0.1) is 0 Å². The van der Waals surface area contributed by atoms with Crippen LogP contribution in [0.15, 0.2) is 46.9 Å². The van der Waals surface area contributed by atoms with Gasteiger partial charge in [0.05, 0.1) is 12.1 Å². The first kappa shape index (κ1) is 11.3. The fourth-order valence-electron chi connectivity index (χ4n) is 2.22. The Morgan fingerprint density at radius 2 is 1.83 bits per heavy atom. The van der Waals surface area contributed by atoms with Crippen molar-refractivity contribution in [3.63, 3.8) is 0 Å². The molecule has 0 radical (unpaired) electrons. The molecule has 18 heavy (non-hydrogen) atoms. The topological polar surface area (TPSA) is 46.3 Å². The van der Waals surface area contributed by atoms with Gasteiger partial charge in [-0.1, -0.05) is 28.1 Å². The third-order valence-corrected chi connectivity index (χ3v) is 3.64. The van der Waals surface area contributed by atoms with E-state index in [4.69, 9.17) is 5.73 Å². The van der Waals surface area contributed by atoms with E-state index >= 15 is 0 Å². The number of nitrogen functional groups attached to an aromatic ring is 1. The molecule has 0 atom stereocenters. The second-order valence-corrected chi connectivity index (χ2v) is 5.16. The summed E-state index contributed by atoms with van der Waals surface area (Å²) in [5.41, 5.74) is 8.94. The molecule has 1 aliphatic heterocycles. The molecule has 2 N–H and O–H groups in total. The Bertz CT molecular complexity index is 622. The number of carbonyl (C=O) groups is 1. The molecule has 3 nitrogen and oxygen atoms in total. The number of hydrogen-bond donors (Lipinski definition) is 1. The smallest absolute Gasteiger partial charge is 0.261 e. The van der Waals surface area contributed by atoms with E-state index in [0.717, 1.165) is 15.7 Å². The normalized spacial score (nSPS) is 13.8. The first-order valence-corrected chi connectivity index (χ1v) is 6.41. The molecule has 1 aliphatic rings. The van der Waals surface area contributed by atoms with Crippen molar-refractivity contribution in [3.8, 4) is 0 Å². The van der Waals surface area contributed by atoms with Crippen LogP contribution in [0.1, 0.15) is 15.9 Å². The summed E-state index contributed by atoms with van der Waals surface area (Å²) >= 11 is 3.39. The molecule has 0 aliphatic carbocycles. The molecule has 0 bridgehead atoms. The van der Waals surface area contributed by atoms with Crippen LogP contribution in [0.2, 0.25) is 0 Å². The van der Waals surface area contributed by atoms with Gasteiger partial charge in [0.15, 0.2) is 0 Å². The molecular weight excluding hydrogens is 292 g/mol. The number of rotatable bonds is 1. The van der Waals surface area contributed by atoms with Crippen LogP contribution in [-0.4, -0.2) is 5.91 Å². The Labute approximate surface area is 113 Å². The van der Waals surface area contributed by atoms with Crippen LogP contribution in [0, 0.1) is 0 Å². The average Bonchev–Trinajstić information content (AvgIpc) is 2.69. The van der Waals surface area contributed by atoms with Gasteiger partial charge in [-0.2, -0.15) is 0 Å². The molecule has 0 unspecified atom stereocenters. The van der Waals surface area contributed by atoms with E-state index in [1.165, 1.54) is 0 Å². The first-order chi connectivity index (χ1) is 8.66. The zero-order valence-electron chi connectivity index (χ0n) is 9.56. The highest BCUT2D eigenvalue weighted by Gasteiger charge is 2.29. The van der Waals surface area contributed by atoms with E-state index in [2.05, 4.69) is 15.9 Å². The second kappa shape index (κ2) is 4.14. The summed E-state index contributed by atoms with van der Waals surface area (Å²) in [6, 6.07) is 13.3. The Balaban J connectivity index is 2.02. The quantitative estimate of drug-likeness (QED) is 0.822. The number of nitrogens with zero attached hydrogens (tertiary/aromatic N) is 1. The van der Waals surface area contributed by atoms with Crippen molar-refractivity contribution >= 4 is 33.2 Å². The summed E-state index contributed by atoms with van der Waals surface area (Å²) in [5, 5.41) is 0. The predicted molar refractivity (Wildman–Crippen MR) is 75.5 cm³/mol. The third kappa shape index (κ3) is 1.69. The minimum Gasteiger partial charge on any atom is -0.398 e. The summed E-state index contributed by atoms with van der Waals surface area (Å²) in [6.07, 6.45) is 0. The number of anilines is 2. The molecular formula is C14H11BrN2O. The molecule has 2 aromatic carbocycles. The summed E-state index contributed by atoms with van der Waals surface area (Å²) in [7, 11) is 0. The molecule has 3 rings (SSSR count). The van der Waals surface area contributed by atoms with E-state index < -0.39 is 0 Å². The lowest BCUT2D eigenvalue weighted by molar-refractivity contribution is 0.0997. The number of carbonyl (C=O) groups excluding carboxylic acids is 1. The highest BCUT2D eigenvalue weighted by molar-refractivity contribution is 9.10. The molecule has 2 aromatic rings. The van der Waals surface area contributed by atoms with Gasteiger partial charge >= 0.3 is 0 Å². The van der Waals surface area contributed by atoms with Crippen molar-refractivity contribution in [2.75, 3.05) is 10.6 Å². The van der Waals surface area contributed by atoms with Crippen LogP contribution < -0.4 is 10.6 Å². The lowest BCUT2D eigenvalue weighted by Crippen LogP contribution is -2.23. The lowest BCUT2D eigenvalue weighted by Gasteiger charge is -2.15. The van der Waals surface area contributed by atoms with Gasteiger partial charge in [-0.05, 0) is 35.9 Å². The Morgan fingerprint density at radius 1 is 1.11 bits per heavy atom. The SMILES string of the molecule is Nc1cccc2c1C(=O)N(c1ccc(Br)cc1)C2. The molecule has 0 aromatic heterocycles. The molecule has 0 spiro atoms. The Hall–Kier alpha value is -1.81. The molecule has 1 heterocycles. The summed E-state index contributed by atoms with van der Waals surface area (Å²) in [5.74, 6) is -0.0228. The van der Waals surface area contributed by atoms with Gasteiger partial charge in [0.1, 0.15) is 0 Å². The van der Waals surface area contributed by atoms with Gasteiger partial charge in [0, 0.05) is 15.8 Å². The van der Waals surface area contributed by atoms with E-state index in [1.54, 1.807) is 11.0 Å². The number of benzene rings is 2. The van der Waals surface area contributed by atoms with E-state index in [-0.39, 0.29) is 5.91 Å². The maximum Gasteiger partial charge on any atom is 0.261 e. The van der Waals surface area contributed by atoms with Crippen LogP contribution >= 0.6 is 15.9 Å². The van der Waals surface area contributed by atoms with Crippen molar-refractivity contribution in [1.82, 2.24) is 0 Å². The molecule has 0 saturated heterocycles. The summed E-state index contributed by atoms with van der Waals surface area (Å²) in [4.78, 5) is 14.1. The van der Waals surface area contributed by atoms with Crippen LogP contribution in [0.5, 0.6) is 0 Å². The van der Waals surface area contributed by atoms with Crippen molar-refractivity contribution in [1.29, 1.82) is 0 Å². The standard InChI is InChI=1S/C14H11BrN2O/c15-10-4-6-11(7-5-10)17-8-9-2-1-3-12(16)13(9)14(17)18/h1-7H,8,16H2. The van der Waals surface area contributed by atoms with Gasteiger partial charge < -0.3 is 10.6 Å². The van der Waals surface area contributed by atoms with Gasteiger partial charge in [0.2, 0.25) is 0 Å². The van der Waals surface area contributed by atoms with Crippen LogP contribution in [0.3, 0.4) is 0 Å².